The van der Waals surface area contributed by atoms with Crippen molar-refractivity contribution in [3.05, 3.63) is 75.8 Å². The number of non-ortho nitro benzene ring substituents is 1. The molecule has 31 heavy (non-hydrogen) atoms. The van der Waals surface area contributed by atoms with Crippen molar-refractivity contribution in [2.24, 2.45) is 0 Å². The molecule has 7 heteroatoms. The fourth-order valence-corrected chi connectivity index (χ4v) is 4.70. The first-order chi connectivity index (χ1) is 15.1. The van der Waals surface area contributed by atoms with Crippen LogP contribution in [0.2, 0.25) is 0 Å². The van der Waals surface area contributed by atoms with Gasteiger partial charge in [0.15, 0.2) is 0 Å². The van der Waals surface area contributed by atoms with Crippen molar-refractivity contribution in [1.29, 1.82) is 0 Å². The number of rotatable bonds is 5. The maximum absolute atomic E-state index is 12.7. The van der Waals surface area contributed by atoms with Crippen LogP contribution >= 0.6 is 0 Å². The molecule has 5 rings (SSSR count). The van der Waals surface area contributed by atoms with Gasteiger partial charge in [-0.1, -0.05) is 24.3 Å². The third-order valence-electron chi connectivity index (χ3n) is 6.32. The van der Waals surface area contributed by atoms with Gasteiger partial charge in [-0.05, 0) is 47.6 Å². The Morgan fingerprint density at radius 3 is 2.35 bits per heavy atom. The van der Waals surface area contributed by atoms with E-state index in [2.05, 4.69) is 39.4 Å². The third kappa shape index (κ3) is 3.84. The van der Waals surface area contributed by atoms with Gasteiger partial charge < -0.3 is 10.2 Å². The Morgan fingerprint density at radius 2 is 1.65 bits per heavy atom. The average Bonchev–Trinajstić information content (AvgIpc) is 3.21. The minimum atomic E-state index is -0.387. The molecular formula is C24H24N4O3. The van der Waals surface area contributed by atoms with Crippen molar-refractivity contribution in [2.75, 3.05) is 42.9 Å². The van der Waals surface area contributed by atoms with E-state index in [1.807, 2.05) is 6.07 Å². The summed E-state index contributed by atoms with van der Waals surface area (Å²) in [5.41, 5.74) is 4.69. The topological polar surface area (TPSA) is 78.7 Å². The van der Waals surface area contributed by atoms with E-state index in [9.17, 15) is 14.9 Å². The Hall–Kier alpha value is -3.45. The predicted molar refractivity (Wildman–Crippen MR) is 122 cm³/mol. The monoisotopic (exact) mass is 416 g/mol. The number of benzene rings is 3. The lowest BCUT2D eigenvalue weighted by Gasteiger charge is -2.35. The van der Waals surface area contributed by atoms with Crippen LogP contribution in [0.1, 0.15) is 11.1 Å². The summed E-state index contributed by atoms with van der Waals surface area (Å²) >= 11 is 0. The number of nitrogens with one attached hydrogen (secondary N) is 1. The smallest absolute Gasteiger partial charge is 0.269 e. The highest BCUT2D eigenvalue weighted by atomic mass is 16.6. The molecule has 3 aromatic carbocycles. The molecule has 1 aliphatic heterocycles. The molecule has 0 unspecified atom stereocenters. The molecule has 1 amide bonds. The molecule has 158 valence electrons. The molecule has 0 atom stereocenters. The summed E-state index contributed by atoms with van der Waals surface area (Å²) in [6, 6.07) is 17.1. The summed E-state index contributed by atoms with van der Waals surface area (Å²) in [6.07, 6.45) is 2.15. The normalized spacial score (nSPS) is 15.9. The summed E-state index contributed by atoms with van der Waals surface area (Å²) < 4.78 is 0. The summed E-state index contributed by atoms with van der Waals surface area (Å²) in [5, 5.41) is 16.4. The number of hydrogen-bond donors (Lipinski definition) is 1. The van der Waals surface area contributed by atoms with E-state index in [-0.39, 0.29) is 16.5 Å². The van der Waals surface area contributed by atoms with Gasteiger partial charge in [0.2, 0.25) is 5.91 Å². The second-order valence-electron chi connectivity index (χ2n) is 8.20. The van der Waals surface area contributed by atoms with Crippen LogP contribution in [-0.4, -0.2) is 48.5 Å². The molecule has 3 aromatic rings. The van der Waals surface area contributed by atoms with E-state index >= 15 is 0 Å². The highest BCUT2D eigenvalue weighted by Crippen LogP contribution is 2.35. The van der Waals surface area contributed by atoms with Crippen LogP contribution in [-0.2, 0) is 17.6 Å². The number of hydrogen-bond acceptors (Lipinski definition) is 5. The number of carbonyl (C=O) groups excluding carboxylic acids is 1. The van der Waals surface area contributed by atoms with Gasteiger partial charge in [-0.3, -0.25) is 19.8 Å². The van der Waals surface area contributed by atoms with Crippen LogP contribution in [0.3, 0.4) is 0 Å². The van der Waals surface area contributed by atoms with Gasteiger partial charge in [0.1, 0.15) is 0 Å². The largest absolute Gasteiger partial charge is 0.369 e. The van der Waals surface area contributed by atoms with Crippen molar-refractivity contribution >= 4 is 33.7 Å². The Balaban J connectivity index is 1.19. The minimum Gasteiger partial charge on any atom is -0.369 e. The Labute approximate surface area is 180 Å². The van der Waals surface area contributed by atoms with Gasteiger partial charge in [0.05, 0.1) is 11.5 Å². The molecule has 2 aliphatic rings. The number of nitro benzene ring substituents is 1. The highest BCUT2D eigenvalue weighted by Gasteiger charge is 2.21. The molecule has 1 N–H and O–H groups in total. The molecule has 0 radical (unpaired) electrons. The van der Waals surface area contributed by atoms with E-state index in [1.54, 1.807) is 12.1 Å². The molecule has 1 aliphatic carbocycles. The molecule has 0 spiro atoms. The number of nitro groups is 1. The zero-order chi connectivity index (χ0) is 21.4. The third-order valence-corrected chi connectivity index (χ3v) is 6.32. The fourth-order valence-electron chi connectivity index (χ4n) is 4.70. The molecule has 0 aromatic heterocycles. The van der Waals surface area contributed by atoms with Crippen molar-refractivity contribution in [3.63, 3.8) is 0 Å². The zero-order valence-corrected chi connectivity index (χ0v) is 17.2. The maximum Gasteiger partial charge on any atom is 0.269 e. The molecule has 1 saturated heterocycles. The quantitative estimate of drug-likeness (QED) is 0.508. The van der Waals surface area contributed by atoms with Crippen molar-refractivity contribution in [2.45, 2.75) is 12.8 Å². The number of carbonyl (C=O) groups is 1. The van der Waals surface area contributed by atoms with E-state index in [0.717, 1.165) is 55.8 Å². The van der Waals surface area contributed by atoms with Crippen LogP contribution in [0.25, 0.3) is 10.8 Å². The van der Waals surface area contributed by atoms with Crippen LogP contribution < -0.4 is 10.2 Å². The van der Waals surface area contributed by atoms with Crippen LogP contribution in [0.4, 0.5) is 17.1 Å². The highest BCUT2D eigenvalue weighted by molar-refractivity contribution is 6.05. The van der Waals surface area contributed by atoms with Crippen LogP contribution in [0, 0.1) is 10.1 Å². The second kappa shape index (κ2) is 8.00. The standard InChI is InChI=1S/C24H24N4O3/c29-23(25-22-11-6-18-5-4-17-2-1-3-21(22)24(17)18)16-26-12-14-27(15-13-26)19-7-9-20(10-8-19)28(30)31/h1-3,6-11H,4-5,12-16H2,(H,25,29). The number of aryl methyl sites for hydroxylation is 2. The van der Waals surface area contributed by atoms with Gasteiger partial charge in [-0.2, -0.15) is 0 Å². The maximum atomic E-state index is 12.7. The molecule has 0 saturated carbocycles. The average molecular weight is 416 g/mol. The van der Waals surface area contributed by atoms with Gasteiger partial charge in [-0.25, -0.2) is 0 Å². The molecule has 1 fully saturated rings. The molecule has 1 heterocycles. The lowest BCUT2D eigenvalue weighted by molar-refractivity contribution is -0.384. The Bertz CT molecular complexity index is 1140. The van der Waals surface area contributed by atoms with E-state index < -0.39 is 0 Å². The predicted octanol–water partition coefficient (Wildman–Crippen LogP) is 3.61. The van der Waals surface area contributed by atoms with Crippen molar-refractivity contribution < 1.29 is 9.72 Å². The van der Waals surface area contributed by atoms with Gasteiger partial charge in [0.25, 0.3) is 5.69 Å². The number of nitrogens with zero attached hydrogens (tertiary/aromatic N) is 3. The number of anilines is 2. The summed E-state index contributed by atoms with van der Waals surface area (Å²) in [6.45, 7) is 3.47. The first kappa shape index (κ1) is 19.5. The van der Waals surface area contributed by atoms with E-state index in [0.29, 0.717) is 6.54 Å². The first-order valence-corrected chi connectivity index (χ1v) is 10.6. The van der Waals surface area contributed by atoms with Gasteiger partial charge in [0, 0.05) is 55.1 Å². The molecule has 7 nitrogen and oxygen atoms in total. The minimum absolute atomic E-state index is 0.00230. The molecule has 0 bridgehead atoms. The Kier molecular flexibility index (Phi) is 5.03. The van der Waals surface area contributed by atoms with Crippen LogP contribution in [0.5, 0.6) is 0 Å². The van der Waals surface area contributed by atoms with Crippen molar-refractivity contribution in [1.82, 2.24) is 4.90 Å². The lowest BCUT2D eigenvalue weighted by atomic mass is 10.0. The van der Waals surface area contributed by atoms with Gasteiger partial charge >= 0.3 is 0 Å². The Morgan fingerprint density at radius 1 is 0.935 bits per heavy atom. The van der Waals surface area contributed by atoms with E-state index in [1.165, 1.54) is 28.6 Å². The SMILES string of the molecule is O=C(CN1CCN(c2ccc([N+](=O)[O-])cc2)CC1)Nc1ccc2c3c(cccc13)CC2. The summed E-state index contributed by atoms with van der Waals surface area (Å²) in [7, 11) is 0. The molecular weight excluding hydrogens is 392 g/mol. The number of amides is 1. The van der Waals surface area contributed by atoms with Gasteiger partial charge in [-0.15, -0.1) is 0 Å². The van der Waals surface area contributed by atoms with Crippen molar-refractivity contribution in [3.8, 4) is 0 Å². The lowest BCUT2D eigenvalue weighted by Crippen LogP contribution is -2.48. The van der Waals surface area contributed by atoms with Crippen LogP contribution in [0.15, 0.2) is 54.6 Å². The fraction of sp³-hybridized carbons (Fsp3) is 0.292. The first-order valence-electron chi connectivity index (χ1n) is 10.6. The second-order valence-corrected chi connectivity index (χ2v) is 8.20. The summed E-state index contributed by atoms with van der Waals surface area (Å²) in [4.78, 5) is 27.5. The van der Waals surface area contributed by atoms with E-state index in [4.69, 9.17) is 0 Å². The summed E-state index contributed by atoms with van der Waals surface area (Å²) in [5.74, 6) is 0.00230. The number of piperazine rings is 1. The zero-order valence-electron chi connectivity index (χ0n) is 17.2.